The van der Waals surface area contributed by atoms with Crippen molar-refractivity contribution in [2.75, 3.05) is 32.8 Å². The summed E-state index contributed by atoms with van der Waals surface area (Å²) in [5, 5.41) is 0. The maximum absolute atomic E-state index is 5.99. The minimum absolute atomic E-state index is 0. The molecule has 1 atom stereocenters. The molecule has 0 bridgehead atoms. The molecule has 0 spiro atoms. The monoisotopic (exact) mass is 236 g/mol. The van der Waals surface area contributed by atoms with Crippen molar-refractivity contribution in [3.8, 4) is 0 Å². The fraction of sp³-hybridized carbons (Fsp3) is 1.00. The first-order chi connectivity index (χ1) is 6.51. The van der Waals surface area contributed by atoms with Crippen molar-refractivity contribution in [3.63, 3.8) is 0 Å². The van der Waals surface area contributed by atoms with Gasteiger partial charge in [0.2, 0.25) is 0 Å². The summed E-state index contributed by atoms with van der Waals surface area (Å²) in [5.74, 6) is 0.720. The van der Waals surface area contributed by atoms with Gasteiger partial charge in [-0.25, -0.2) is 0 Å². The molecule has 92 valence electrons. The molecule has 0 radical (unpaired) electrons. The van der Waals surface area contributed by atoms with Gasteiger partial charge >= 0.3 is 0 Å². The van der Waals surface area contributed by atoms with Gasteiger partial charge in [-0.3, -0.25) is 0 Å². The van der Waals surface area contributed by atoms with E-state index in [0.717, 1.165) is 32.2 Å². The van der Waals surface area contributed by atoms with Crippen LogP contribution >= 0.6 is 12.4 Å². The number of likely N-dealkylation sites (tertiary alicyclic amines) is 1. The number of hydrogen-bond donors (Lipinski definition) is 1. The molecule has 0 aliphatic carbocycles. The molecule has 0 aromatic rings. The zero-order valence-electron chi connectivity index (χ0n) is 10.2. The second-order valence-corrected chi connectivity index (χ2v) is 5.04. The first kappa shape index (κ1) is 15.2. The number of hydrogen-bond acceptors (Lipinski definition) is 3. The number of nitrogens with two attached hydrogens (primary N) is 1. The van der Waals surface area contributed by atoms with Crippen molar-refractivity contribution in [3.05, 3.63) is 0 Å². The average Bonchev–Trinajstić information content (AvgIpc) is 2.46. The summed E-state index contributed by atoms with van der Waals surface area (Å²) in [6.07, 6.45) is 1.26. The predicted octanol–water partition coefficient (Wildman–Crippen LogP) is 1.50. The Morgan fingerprint density at radius 3 is 2.67 bits per heavy atom. The van der Waals surface area contributed by atoms with E-state index < -0.39 is 0 Å². The summed E-state index contributed by atoms with van der Waals surface area (Å²) in [6.45, 7) is 11.3. The third-order valence-corrected chi connectivity index (χ3v) is 2.56. The van der Waals surface area contributed by atoms with Gasteiger partial charge in [-0.05, 0) is 39.7 Å². The Bertz CT molecular complexity index is 170. The molecule has 15 heavy (non-hydrogen) atoms. The number of rotatable bonds is 5. The highest BCUT2D eigenvalue weighted by Gasteiger charge is 2.25. The van der Waals surface area contributed by atoms with Crippen LogP contribution < -0.4 is 5.73 Å². The Balaban J connectivity index is 0.00000196. The van der Waals surface area contributed by atoms with Gasteiger partial charge < -0.3 is 15.4 Å². The number of nitrogens with zero attached hydrogens (tertiary/aromatic N) is 1. The zero-order chi connectivity index (χ0) is 10.6. The van der Waals surface area contributed by atoms with E-state index in [1.54, 1.807) is 0 Å². The molecule has 1 saturated heterocycles. The smallest absolute Gasteiger partial charge is 0.0506 e. The molecule has 1 fully saturated rings. The Morgan fingerprint density at radius 2 is 2.13 bits per heavy atom. The lowest BCUT2D eigenvalue weighted by molar-refractivity contribution is 0.111. The molecular weight excluding hydrogens is 212 g/mol. The minimum atomic E-state index is -0.0689. The van der Waals surface area contributed by atoms with E-state index in [2.05, 4.69) is 25.7 Å². The Hall–Kier alpha value is 0.170. The second kappa shape index (κ2) is 6.69. The summed E-state index contributed by atoms with van der Waals surface area (Å²) >= 11 is 0. The van der Waals surface area contributed by atoms with Gasteiger partial charge in [0.15, 0.2) is 0 Å². The first-order valence-electron chi connectivity index (χ1n) is 5.60. The zero-order valence-corrected chi connectivity index (χ0v) is 11.0. The van der Waals surface area contributed by atoms with Crippen molar-refractivity contribution < 1.29 is 4.74 Å². The minimum Gasteiger partial charge on any atom is -0.381 e. The average molecular weight is 237 g/mol. The second-order valence-electron chi connectivity index (χ2n) is 5.04. The van der Waals surface area contributed by atoms with Crippen LogP contribution in [0.4, 0.5) is 0 Å². The quantitative estimate of drug-likeness (QED) is 0.787. The fourth-order valence-electron chi connectivity index (χ4n) is 2.05. The molecule has 0 saturated carbocycles. The Labute approximate surface area is 99.7 Å². The molecule has 1 unspecified atom stereocenters. The fourth-order valence-corrected chi connectivity index (χ4v) is 2.05. The molecule has 1 aliphatic rings. The molecule has 3 nitrogen and oxygen atoms in total. The van der Waals surface area contributed by atoms with E-state index in [1.165, 1.54) is 13.0 Å². The standard InChI is InChI=1S/C11H24N2O.ClH/c1-4-14-8-10-5-6-13(7-10)9-11(2,3)12;/h10H,4-9,12H2,1-3H3;1H. The van der Waals surface area contributed by atoms with Crippen LogP contribution in [0.15, 0.2) is 0 Å². The van der Waals surface area contributed by atoms with Crippen molar-refractivity contribution in [1.29, 1.82) is 0 Å². The lowest BCUT2D eigenvalue weighted by Gasteiger charge is -2.26. The molecular formula is C11H25ClN2O. The van der Waals surface area contributed by atoms with Crippen molar-refractivity contribution in [1.82, 2.24) is 4.90 Å². The van der Waals surface area contributed by atoms with Gasteiger partial charge in [0.1, 0.15) is 0 Å². The van der Waals surface area contributed by atoms with E-state index in [1.807, 2.05) is 0 Å². The summed E-state index contributed by atoms with van der Waals surface area (Å²) < 4.78 is 5.44. The SMILES string of the molecule is CCOCC1CCN(CC(C)(C)N)C1.Cl. The molecule has 1 rings (SSSR count). The highest BCUT2D eigenvalue weighted by molar-refractivity contribution is 5.85. The molecule has 1 aliphatic heterocycles. The van der Waals surface area contributed by atoms with E-state index in [9.17, 15) is 0 Å². The highest BCUT2D eigenvalue weighted by atomic mass is 35.5. The topological polar surface area (TPSA) is 38.5 Å². The van der Waals surface area contributed by atoms with Crippen LogP contribution in [0.3, 0.4) is 0 Å². The van der Waals surface area contributed by atoms with Gasteiger partial charge in [0.05, 0.1) is 6.61 Å². The summed E-state index contributed by atoms with van der Waals surface area (Å²) in [6, 6.07) is 0. The van der Waals surface area contributed by atoms with Crippen LogP contribution in [0.2, 0.25) is 0 Å². The van der Waals surface area contributed by atoms with Gasteiger partial charge in [0.25, 0.3) is 0 Å². The molecule has 1 heterocycles. The van der Waals surface area contributed by atoms with Crippen molar-refractivity contribution >= 4 is 12.4 Å². The Kier molecular flexibility index (Phi) is 6.76. The third-order valence-electron chi connectivity index (χ3n) is 2.56. The largest absolute Gasteiger partial charge is 0.381 e. The molecule has 2 N–H and O–H groups in total. The van der Waals surface area contributed by atoms with Crippen LogP contribution in [0.1, 0.15) is 27.2 Å². The van der Waals surface area contributed by atoms with Gasteiger partial charge in [-0.2, -0.15) is 0 Å². The van der Waals surface area contributed by atoms with Crippen molar-refractivity contribution in [2.45, 2.75) is 32.7 Å². The Morgan fingerprint density at radius 1 is 1.47 bits per heavy atom. The van der Waals surface area contributed by atoms with E-state index >= 15 is 0 Å². The normalized spacial score (nSPS) is 22.8. The maximum Gasteiger partial charge on any atom is 0.0506 e. The third kappa shape index (κ3) is 6.36. The number of ether oxygens (including phenoxy) is 1. The molecule has 0 aromatic carbocycles. The summed E-state index contributed by atoms with van der Waals surface area (Å²) in [7, 11) is 0. The van der Waals surface area contributed by atoms with E-state index in [0.29, 0.717) is 0 Å². The molecule has 0 aromatic heterocycles. The van der Waals surface area contributed by atoms with E-state index in [4.69, 9.17) is 10.5 Å². The highest BCUT2D eigenvalue weighted by Crippen LogP contribution is 2.18. The summed E-state index contributed by atoms with van der Waals surface area (Å²) in [5.41, 5.74) is 5.92. The van der Waals surface area contributed by atoms with Crippen LogP contribution in [-0.2, 0) is 4.74 Å². The lowest BCUT2D eigenvalue weighted by Crippen LogP contribution is -2.44. The van der Waals surface area contributed by atoms with Gasteiger partial charge in [-0.15, -0.1) is 12.4 Å². The van der Waals surface area contributed by atoms with Crippen LogP contribution in [0.5, 0.6) is 0 Å². The summed E-state index contributed by atoms with van der Waals surface area (Å²) in [4.78, 5) is 2.45. The predicted molar refractivity (Wildman–Crippen MR) is 66.6 cm³/mol. The van der Waals surface area contributed by atoms with Gasteiger partial charge in [-0.1, -0.05) is 0 Å². The van der Waals surface area contributed by atoms with Gasteiger partial charge in [0, 0.05) is 25.2 Å². The maximum atomic E-state index is 5.99. The van der Waals surface area contributed by atoms with E-state index in [-0.39, 0.29) is 17.9 Å². The van der Waals surface area contributed by atoms with Crippen LogP contribution in [0, 0.1) is 5.92 Å². The van der Waals surface area contributed by atoms with Crippen molar-refractivity contribution in [2.24, 2.45) is 11.7 Å². The molecule has 0 amide bonds. The number of halogens is 1. The first-order valence-corrected chi connectivity index (χ1v) is 5.60. The van der Waals surface area contributed by atoms with Crippen LogP contribution in [-0.4, -0.2) is 43.3 Å². The van der Waals surface area contributed by atoms with Crippen LogP contribution in [0.25, 0.3) is 0 Å². The lowest BCUT2D eigenvalue weighted by atomic mass is 10.1. The molecule has 4 heteroatoms.